The zero-order valence-electron chi connectivity index (χ0n) is 14.4. The number of aryl methyl sites for hydroxylation is 2. The van der Waals surface area contributed by atoms with Crippen LogP contribution in [0.2, 0.25) is 0 Å². The topological polar surface area (TPSA) is 87.7 Å². The fourth-order valence-electron chi connectivity index (χ4n) is 3.25. The number of anilines is 1. The quantitative estimate of drug-likeness (QED) is 0.891. The number of rotatable bonds is 4. The van der Waals surface area contributed by atoms with Crippen molar-refractivity contribution in [2.75, 3.05) is 11.9 Å². The Morgan fingerprint density at radius 3 is 3.00 bits per heavy atom. The van der Waals surface area contributed by atoms with Gasteiger partial charge in [-0.25, -0.2) is 4.79 Å². The van der Waals surface area contributed by atoms with Crippen LogP contribution in [0.25, 0.3) is 0 Å². The van der Waals surface area contributed by atoms with Gasteiger partial charge in [0.05, 0.1) is 6.26 Å². The van der Waals surface area contributed by atoms with Crippen LogP contribution in [0.1, 0.15) is 36.7 Å². The molecule has 3 heterocycles. The van der Waals surface area contributed by atoms with Gasteiger partial charge in [0, 0.05) is 32.3 Å². The van der Waals surface area contributed by atoms with Gasteiger partial charge < -0.3 is 24.3 Å². The van der Waals surface area contributed by atoms with Crippen LogP contribution in [0.4, 0.5) is 10.5 Å². The summed E-state index contributed by atoms with van der Waals surface area (Å²) in [5, 5.41) is 13.0. The van der Waals surface area contributed by atoms with E-state index in [-0.39, 0.29) is 17.6 Å². The fourth-order valence-corrected chi connectivity index (χ4v) is 3.25. The zero-order valence-corrected chi connectivity index (χ0v) is 14.4. The second kappa shape index (κ2) is 7.14. The maximum Gasteiger partial charge on any atom is 0.322 e. The molecular formula is C18H23N3O4. The number of furan rings is 1. The molecule has 134 valence electrons. The van der Waals surface area contributed by atoms with Gasteiger partial charge in [-0.2, -0.15) is 0 Å². The van der Waals surface area contributed by atoms with E-state index in [1.165, 1.54) is 10.8 Å². The molecule has 1 saturated heterocycles. The molecule has 2 unspecified atom stereocenters. The molecule has 1 aliphatic heterocycles. The van der Waals surface area contributed by atoms with E-state index in [0.29, 0.717) is 24.4 Å². The summed E-state index contributed by atoms with van der Waals surface area (Å²) < 4.78 is 6.66. The van der Waals surface area contributed by atoms with E-state index < -0.39 is 6.10 Å². The van der Waals surface area contributed by atoms with Gasteiger partial charge in [-0.3, -0.25) is 4.79 Å². The molecule has 2 amide bonds. The summed E-state index contributed by atoms with van der Waals surface area (Å²) in [6, 6.07) is 4.85. The van der Waals surface area contributed by atoms with Crippen molar-refractivity contribution < 1.29 is 14.3 Å². The average molecular weight is 345 g/mol. The molecule has 0 aromatic carbocycles. The molecule has 2 N–H and O–H groups in total. The van der Waals surface area contributed by atoms with Gasteiger partial charge in [0.15, 0.2) is 0 Å². The van der Waals surface area contributed by atoms with Crippen molar-refractivity contribution in [2.45, 2.75) is 38.3 Å². The van der Waals surface area contributed by atoms with Crippen molar-refractivity contribution in [3.8, 4) is 0 Å². The standard InChI is InChI=1S/C18H23N3O4/c1-12-7-9-20(2)17(23)16(12)19-18(24)21-8-3-5-13(21)11-14(22)15-6-4-10-25-15/h4,6-7,9-10,13-14,22H,3,5,8,11H2,1-2H3,(H,19,24). The van der Waals surface area contributed by atoms with Crippen LogP contribution >= 0.6 is 0 Å². The number of carbonyl (C=O) groups is 1. The molecule has 2 aromatic heterocycles. The van der Waals surface area contributed by atoms with Crippen LogP contribution < -0.4 is 10.9 Å². The predicted molar refractivity (Wildman–Crippen MR) is 93.5 cm³/mol. The van der Waals surface area contributed by atoms with Gasteiger partial charge in [0.1, 0.15) is 17.6 Å². The van der Waals surface area contributed by atoms with E-state index in [2.05, 4.69) is 5.32 Å². The van der Waals surface area contributed by atoms with Crippen molar-refractivity contribution >= 4 is 11.7 Å². The number of nitrogens with zero attached hydrogens (tertiary/aromatic N) is 2. The van der Waals surface area contributed by atoms with Crippen LogP contribution in [0.3, 0.4) is 0 Å². The number of nitrogens with one attached hydrogen (secondary N) is 1. The van der Waals surface area contributed by atoms with Crippen LogP contribution in [-0.4, -0.2) is 33.2 Å². The number of pyridine rings is 1. The summed E-state index contributed by atoms with van der Waals surface area (Å²) in [6.07, 6.45) is 4.54. The smallest absolute Gasteiger partial charge is 0.322 e. The third-order valence-electron chi connectivity index (χ3n) is 4.71. The van der Waals surface area contributed by atoms with Crippen LogP contribution in [-0.2, 0) is 7.05 Å². The Hall–Kier alpha value is -2.54. The Bertz CT molecular complexity index is 797. The Labute approximate surface area is 145 Å². The van der Waals surface area contributed by atoms with Gasteiger partial charge in [-0.05, 0) is 43.5 Å². The maximum atomic E-state index is 12.7. The van der Waals surface area contributed by atoms with E-state index in [0.717, 1.165) is 18.4 Å². The molecular weight excluding hydrogens is 322 g/mol. The summed E-state index contributed by atoms with van der Waals surface area (Å²) in [4.78, 5) is 26.6. The molecule has 25 heavy (non-hydrogen) atoms. The first kappa shape index (κ1) is 17.3. The van der Waals surface area contributed by atoms with Crippen LogP contribution in [0, 0.1) is 6.92 Å². The minimum Gasteiger partial charge on any atom is -0.467 e. The Kier molecular flexibility index (Phi) is 4.94. The van der Waals surface area contributed by atoms with E-state index in [1.54, 1.807) is 43.3 Å². The normalized spacial score (nSPS) is 18.4. The molecule has 3 rings (SSSR count). The third kappa shape index (κ3) is 3.61. The first-order valence-electron chi connectivity index (χ1n) is 8.42. The summed E-state index contributed by atoms with van der Waals surface area (Å²) in [5.74, 6) is 0.500. The Morgan fingerprint density at radius 2 is 2.28 bits per heavy atom. The van der Waals surface area contributed by atoms with E-state index >= 15 is 0 Å². The molecule has 1 aliphatic rings. The highest BCUT2D eigenvalue weighted by Crippen LogP contribution is 2.28. The van der Waals surface area contributed by atoms with Crippen molar-refractivity contribution in [3.05, 3.63) is 52.3 Å². The molecule has 0 bridgehead atoms. The SMILES string of the molecule is Cc1ccn(C)c(=O)c1NC(=O)N1CCCC1CC(O)c1ccco1. The molecule has 2 atom stereocenters. The minimum absolute atomic E-state index is 0.0898. The number of hydrogen-bond acceptors (Lipinski definition) is 4. The number of amides is 2. The lowest BCUT2D eigenvalue weighted by atomic mass is 10.1. The number of likely N-dealkylation sites (tertiary alicyclic amines) is 1. The molecule has 0 radical (unpaired) electrons. The van der Waals surface area contributed by atoms with Gasteiger partial charge >= 0.3 is 6.03 Å². The van der Waals surface area contributed by atoms with Crippen molar-refractivity contribution in [1.29, 1.82) is 0 Å². The largest absolute Gasteiger partial charge is 0.467 e. The second-order valence-electron chi connectivity index (χ2n) is 6.48. The van der Waals surface area contributed by atoms with Crippen molar-refractivity contribution in [3.63, 3.8) is 0 Å². The van der Waals surface area contributed by atoms with Crippen LogP contribution in [0.5, 0.6) is 0 Å². The first-order chi connectivity index (χ1) is 12.0. The van der Waals surface area contributed by atoms with Crippen molar-refractivity contribution in [2.24, 2.45) is 7.05 Å². The lowest BCUT2D eigenvalue weighted by molar-refractivity contribution is 0.110. The molecule has 7 nitrogen and oxygen atoms in total. The zero-order chi connectivity index (χ0) is 18.0. The Morgan fingerprint density at radius 1 is 1.48 bits per heavy atom. The number of aliphatic hydroxyl groups is 1. The highest BCUT2D eigenvalue weighted by atomic mass is 16.4. The Balaban J connectivity index is 1.71. The summed E-state index contributed by atoms with van der Waals surface area (Å²) in [7, 11) is 1.65. The number of urea groups is 1. The van der Waals surface area contributed by atoms with Gasteiger partial charge in [-0.1, -0.05) is 0 Å². The summed E-state index contributed by atoms with van der Waals surface area (Å²) >= 11 is 0. The number of hydrogen-bond donors (Lipinski definition) is 2. The molecule has 0 spiro atoms. The average Bonchev–Trinajstić information content (AvgIpc) is 3.26. The third-order valence-corrected chi connectivity index (χ3v) is 4.71. The highest BCUT2D eigenvalue weighted by molar-refractivity contribution is 5.90. The summed E-state index contributed by atoms with van der Waals surface area (Å²) in [6.45, 7) is 2.40. The fraction of sp³-hybridized carbons (Fsp3) is 0.444. The monoisotopic (exact) mass is 345 g/mol. The lowest BCUT2D eigenvalue weighted by Gasteiger charge is -2.26. The maximum absolute atomic E-state index is 12.7. The molecule has 1 fully saturated rings. The first-order valence-corrected chi connectivity index (χ1v) is 8.42. The number of aliphatic hydroxyl groups excluding tert-OH is 1. The number of aromatic nitrogens is 1. The molecule has 2 aromatic rings. The second-order valence-corrected chi connectivity index (χ2v) is 6.48. The lowest BCUT2D eigenvalue weighted by Crippen LogP contribution is -2.41. The minimum atomic E-state index is -0.750. The van der Waals surface area contributed by atoms with E-state index in [1.807, 2.05) is 0 Å². The molecule has 0 aliphatic carbocycles. The van der Waals surface area contributed by atoms with Gasteiger partial charge in [0.25, 0.3) is 5.56 Å². The van der Waals surface area contributed by atoms with Gasteiger partial charge in [0.2, 0.25) is 0 Å². The molecule has 7 heteroatoms. The number of carbonyl (C=O) groups excluding carboxylic acids is 1. The predicted octanol–water partition coefficient (Wildman–Crippen LogP) is 2.41. The van der Waals surface area contributed by atoms with Gasteiger partial charge in [-0.15, -0.1) is 0 Å². The van der Waals surface area contributed by atoms with E-state index in [9.17, 15) is 14.7 Å². The van der Waals surface area contributed by atoms with Crippen LogP contribution in [0.15, 0.2) is 39.9 Å². The highest BCUT2D eigenvalue weighted by Gasteiger charge is 2.31. The van der Waals surface area contributed by atoms with E-state index in [4.69, 9.17) is 4.42 Å². The van der Waals surface area contributed by atoms with Crippen molar-refractivity contribution in [1.82, 2.24) is 9.47 Å². The summed E-state index contributed by atoms with van der Waals surface area (Å²) in [5.41, 5.74) is 0.787. The molecule has 0 saturated carbocycles.